The Hall–Kier alpha value is -4.17. The Balaban J connectivity index is 1.67. The van der Waals surface area contributed by atoms with Gasteiger partial charge in [0.25, 0.3) is 0 Å². The van der Waals surface area contributed by atoms with E-state index < -0.39 is 7.26 Å². The summed E-state index contributed by atoms with van der Waals surface area (Å²) in [6.07, 6.45) is 4.51. The molecule has 3 nitrogen and oxygen atoms in total. The van der Waals surface area contributed by atoms with Crippen molar-refractivity contribution in [2.24, 2.45) is 0 Å². The van der Waals surface area contributed by atoms with E-state index in [1.54, 1.807) is 0 Å². The standard InChI is InChI=1S/C41H45N2OP/c1-40(2,3)37-27-31(28-38(39(37)44)41(4,5)6)36(32(29-42)30-43)25-17-10-18-26-45(33-19-11-7-12-20-33,34-21-13-8-14-22-34)35-23-15-9-16-24-35/h7-9,11-16,19-24,27-28H,10,17-18,25-26H2,1-6H3/p+1. The van der Waals surface area contributed by atoms with Gasteiger partial charge >= 0.3 is 0 Å². The van der Waals surface area contributed by atoms with Crippen LogP contribution < -0.4 is 15.9 Å². The number of hydrogen-bond donors (Lipinski definition) is 1. The van der Waals surface area contributed by atoms with Crippen LogP contribution in [0.5, 0.6) is 5.75 Å². The number of aromatic hydroxyl groups is 1. The first-order valence-electron chi connectivity index (χ1n) is 15.9. The fraction of sp³-hybridized carbons (Fsp3) is 0.317. The summed E-state index contributed by atoms with van der Waals surface area (Å²) in [7, 11) is -1.91. The van der Waals surface area contributed by atoms with E-state index >= 15 is 0 Å². The van der Waals surface area contributed by atoms with E-state index in [-0.39, 0.29) is 16.4 Å². The van der Waals surface area contributed by atoms with Gasteiger partial charge in [0, 0.05) is 11.1 Å². The second-order valence-corrected chi connectivity index (χ2v) is 17.5. The van der Waals surface area contributed by atoms with Crippen molar-refractivity contribution in [2.45, 2.75) is 78.1 Å². The molecular weight excluding hydrogens is 567 g/mol. The first kappa shape index (κ1) is 33.7. The molecule has 45 heavy (non-hydrogen) atoms. The number of hydrogen-bond acceptors (Lipinski definition) is 3. The van der Waals surface area contributed by atoms with Gasteiger partial charge in [0.15, 0.2) is 0 Å². The zero-order valence-electron chi connectivity index (χ0n) is 27.6. The minimum Gasteiger partial charge on any atom is -0.507 e. The molecule has 0 radical (unpaired) electrons. The van der Waals surface area contributed by atoms with E-state index in [0.717, 1.165) is 47.7 Å². The Morgan fingerprint density at radius 2 is 1.02 bits per heavy atom. The van der Waals surface area contributed by atoms with Crippen LogP contribution in [-0.2, 0) is 10.8 Å². The van der Waals surface area contributed by atoms with Gasteiger partial charge in [0.1, 0.15) is 46.6 Å². The smallest absolute Gasteiger partial charge is 0.133 e. The third-order valence-corrected chi connectivity index (χ3v) is 13.1. The van der Waals surface area contributed by atoms with Crippen molar-refractivity contribution < 1.29 is 5.11 Å². The Kier molecular flexibility index (Phi) is 10.7. The second kappa shape index (κ2) is 14.3. The topological polar surface area (TPSA) is 67.8 Å². The van der Waals surface area contributed by atoms with Crippen molar-refractivity contribution in [3.63, 3.8) is 0 Å². The fourth-order valence-corrected chi connectivity index (χ4v) is 10.6. The average molecular weight is 614 g/mol. The number of unbranched alkanes of at least 4 members (excludes halogenated alkanes) is 2. The van der Waals surface area contributed by atoms with E-state index in [1.807, 2.05) is 12.1 Å². The zero-order valence-corrected chi connectivity index (χ0v) is 28.5. The van der Waals surface area contributed by atoms with E-state index in [1.165, 1.54) is 15.9 Å². The molecule has 4 rings (SSSR count). The predicted octanol–water partition coefficient (Wildman–Crippen LogP) is 9.34. The summed E-state index contributed by atoms with van der Waals surface area (Å²) >= 11 is 0. The first-order chi connectivity index (χ1) is 21.4. The van der Waals surface area contributed by atoms with Crippen LogP contribution in [0.2, 0.25) is 0 Å². The SMILES string of the molecule is CC(C)(C)c1cc(C(CCCCC[P+](c2ccccc2)(c2ccccc2)c2ccccc2)=C(C#N)C#N)cc(C(C)(C)C)c1O. The third kappa shape index (κ3) is 7.56. The molecule has 0 heterocycles. The minimum atomic E-state index is -1.91. The van der Waals surface area contributed by atoms with Gasteiger partial charge < -0.3 is 5.11 Å². The first-order valence-corrected chi connectivity index (χ1v) is 17.9. The van der Waals surface area contributed by atoms with Gasteiger partial charge in [-0.05, 0) is 96.2 Å². The number of phenolic OH excluding ortho intramolecular Hbond substituents is 1. The summed E-state index contributed by atoms with van der Waals surface area (Å²) in [5, 5.41) is 35.4. The van der Waals surface area contributed by atoms with Crippen LogP contribution in [0.1, 0.15) is 83.9 Å². The molecule has 4 heteroatoms. The minimum absolute atomic E-state index is 0.153. The lowest BCUT2D eigenvalue weighted by Gasteiger charge is -2.29. The molecule has 0 aliphatic carbocycles. The summed E-state index contributed by atoms with van der Waals surface area (Å²) in [6.45, 7) is 12.5. The van der Waals surface area contributed by atoms with E-state index in [0.29, 0.717) is 12.2 Å². The molecule has 0 saturated heterocycles. The van der Waals surface area contributed by atoms with Gasteiger partial charge in [-0.15, -0.1) is 0 Å². The van der Waals surface area contributed by atoms with Crippen LogP contribution in [0.25, 0.3) is 5.57 Å². The van der Waals surface area contributed by atoms with E-state index in [4.69, 9.17) is 0 Å². The third-order valence-electron chi connectivity index (χ3n) is 8.61. The molecule has 4 aromatic carbocycles. The van der Waals surface area contributed by atoms with E-state index in [9.17, 15) is 15.6 Å². The lowest BCUT2D eigenvalue weighted by molar-refractivity contribution is 0.423. The average Bonchev–Trinajstić information content (AvgIpc) is 3.03. The van der Waals surface area contributed by atoms with Crippen molar-refractivity contribution in [3.8, 4) is 17.9 Å². The Morgan fingerprint density at radius 3 is 1.38 bits per heavy atom. The maximum Gasteiger partial charge on any atom is 0.133 e. The van der Waals surface area contributed by atoms with Crippen molar-refractivity contribution >= 4 is 28.7 Å². The summed E-state index contributed by atoms with van der Waals surface area (Å²) in [6, 6.07) is 41.2. The highest BCUT2D eigenvalue weighted by molar-refractivity contribution is 7.95. The fourth-order valence-electron chi connectivity index (χ4n) is 6.24. The van der Waals surface area contributed by atoms with Gasteiger partial charge in [-0.25, -0.2) is 0 Å². The van der Waals surface area contributed by atoms with Crippen LogP contribution in [0.15, 0.2) is 109 Å². The molecule has 1 N–H and O–H groups in total. The molecule has 0 bridgehead atoms. The Bertz CT molecular complexity index is 1550. The number of benzene rings is 4. The number of nitrogens with zero attached hydrogens (tertiary/aromatic N) is 2. The lowest BCUT2D eigenvalue weighted by Crippen LogP contribution is -2.33. The maximum absolute atomic E-state index is 11.3. The summed E-state index contributed by atoms with van der Waals surface area (Å²) in [5.41, 5.74) is 2.85. The molecule has 0 aromatic heterocycles. The van der Waals surface area contributed by atoms with Crippen LogP contribution in [-0.4, -0.2) is 11.3 Å². The van der Waals surface area contributed by atoms with E-state index in [2.05, 4.69) is 145 Å². The molecule has 0 aliphatic heterocycles. The molecule has 0 saturated carbocycles. The molecule has 0 atom stereocenters. The molecule has 0 unspecified atom stereocenters. The largest absolute Gasteiger partial charge is 0.507 e. The highest BCUT2D eigenvalue weighted by atomic mass is 31.2. The number of phenols is 1. The van der Waals surface area contributed by atoms with Crippen molar-refractivity contribution in [2.75, 3.05) is 6.16 Å². The number of nitriles is 2. The quantitative estimate of drug-likeness (QED) is 0.110. The molecule has 0 fully saturated rings. The molecule has 0 spiro atoms. The summed E-state index contributed by atoms with van der Waals surface area (Å²) in [5.74, 6) is 0.302. The van der Waals surface area contributed by atoms with Crippen molar-refractivity contribution in [1.29, 1.82) is 10.5 Å². The molecule has 0 amide bonds. The summed E-state index contributed by atoms with van der Waals surface area (Å²) in [4.78, 5) is 0. The predicted molar refractivity (Wildman–Crippen MR) is 192 cm³/mol. The van der Waals surface area contributed by atoms with Gasteiger partial charge in [-0.1, -0.05) is 96.1 Å². The lowest BCUT2D eigenvalue weighted by atomic mass is 9.77. The Labute approximate surface area is 271 Å². The maximum atomic E-state index is 11.3. The van der Waals surface area contributed by atoms with Crippen LogP contribution >= 0.6 is 7.26 Å². The highest BCUT2D eigenvalue weighted by Gasteiger charge is 2.44. The summed E-state index contributed by atoms with van der Waals surface area (Å²) < 4.78 is 0. The highest BCUT2D eigenvalue weighted by Crippen LogP contribution is 2.56. The van der Waals surface area contributed by atoms with Crippen LogP contribution in [0, 0.1) is 22.7 Å². The molecule has 4 aromatic rings. The van der Waals surface area contributed by atoms with Crippen LogP contribution in [0.3, 0.4) is 0 Å². The van der Waals surface area contributed by atoms with Gasteiger partial charge in [0.2, 0.25) is 0 Å². The molecular formula is C41H46N2OP+. The molecule has 0 aliphatic rings. The van der Waals surface area contributed by atoms with Crippen molar-refractivity contribution in [1.82, 2.24) is 0 Å². The molecule has 230 valence electrons. The normalized spacial score (nSPS) is 11.8. The van der Waals surface area contributed by atoms with Gasteiger partial charge in [0.05, 0.1) is 6.16 Å². The van der Waals surface area contributed by atoms with Gasteiger partial charge in [-0.2, -0.15) is 10.5 Å². The van der Waals surface area contributed by atoms with Crippen molar-refractivity contribution in [3.05, 3.63) is 125 Å². The van der Waals surface area contributed by atoms with Gasteiger partial charge in [-0.3, -0.25) is 0 Å². The Morgan fingerprint density at radius 1 is 0.622 bits per heavy atom. The number of allylic oxidation sites excluding steroid dienone is 2. The number of rotatable bonds is 10. The van der Waals surface area contributed by atoms with Crippen LogP contribution in [0.4, 0.5) is 0 Å². The second-order valence-electron chi connectivity index (χ2n) is 13.8. The monoisotopic (exact) mass is 613 g/mol. The zero-order chi connectivity index (χ0) is 32.7.